The van der Waals surface area contributed by atoms with Crippen LogP contribution in [0.2, 0.25) is 0 Å². The molecule has 1 aliphatic rings. The molecule has 2 aromatic rings. The van der Waals surface area contributed by atoms with Crippen molar-refractivity contribution >= 4 is 28.5 Å². The first-order valence-corrected chi connectivity index (χ1v) is 7.18. The molecule has 0 amide bonds. The molecule has 0 aliphatic carbocycles. The second-order valence-corrected chi connectivity index (χ2v) is 5.67. The van der Waals surface area contributed by atoms with Gasteiger partial charge in [-0.05, 0) is 42.5 Å². The standard InChI is InChI=1S/C13H16N2OS/c1-9-14-12-8-11(2-3-13(12)16-9)15-10-4-6-17-7-5-10/h2-3,8,10,15H,4-7H2,1H3. The highest BCUT2D eigenvalue weighted by Crippen LogP contribution is 2.24. The number of oxazole rings is 1. The van der Waals surface area contributed by atoms with Gasteiger partial charge in [0.05, 0.1) is 0 Å². The molecule has 1 N–H and O–H groups in total. The third-order valence-corrected chi connectivity index (χ3v) is 4.14. The van der Waals surface area contributed by atoms with E-state index in [1.807, 2.05) is 24.8 Å². The summed E-state index contributed by atoms with van der Waals surface area (Å²) < 4.78 is 5.47. The highest BCUT2D eigenvalue weighted by Gasteiger charge is 2.13. The number of aryl methyl sites for hydroxylation is 1. The van der Waals surface area contributed by atoms with Crippen molar-refractivity contribution < 1.29 is 4.42 Å². The van der Waals surface area contributed by atoms with Crippen LogP contribution in [0.3, 0.4) is 0 Å². The Hall–Kier alpha value is -1.16. The second-order valence-electron chi connectivity index (χ2n) is 4.45. The summed E-state index contributed by atoms with van der Waals surface area (Å²) in [6.07, 6.45) is 2.50. The average molecular weight is 248 g/mol. The Morgan fingerprint density at radius 3 is 3.00 bits per heavy atom. The average Bonchev–Trinajstić information content (AvgIpc) is 2.70. The molecule has 3 rings (SSSR count). The van der Waals surface area contributed by atoms with Crippen molar-refractivity contribution in [2.75, 3.05) is 16.8 Å². The van der Waals surface area contributed by atoms with Crippen LogP contribution in [0, 0.1) is 6.92 Å². The molecule has 0 radical (unpaired) electrons. The Morgan fingerprint density at radius 2 is 2.18 bits per heavy atom. The first kappa shape index (κ1) is 11.0. The van der Waals surface area contributed by atoms with Gasteiger partial charge in [-0.15, -0.1) is 0 Å². The summed E-state index contributed by atoms with van der Waals surface area (Å²) in [4.78, 5) is 4.36. The molecular weight excluding hydrogens is 232 g/mol. The molecule has 90 valence electrons. The van der Waals surface area contributed by atoms with Gasteiger partial charge in [-0.2, -0.15) is 11.8 Å². The molecular formula is C13H16N2OS. The van der Waals surface area contributed by atoms with Gasteiger partial charge in [-0.1, -0.05) is 0 Å². The van der Waals surface area contributed by atoms with Crippen LogP contribution in [0.4, 0.5) is 5.69 Å². The van der Waals surface area contributed by atoms with Gasteiger partial charge in [0, 0.05) is 18.7 Å². The SMILES string of the molecule is Cc1nc2cc(NC3CCSCC3)ccc2o1. The molecule has 0 unspecified atom stereocenters. The van der Waals surface area contributed by atoms with Crippen LogP contribution in [-0.2, 0) is 0 Å². The summed E-state index contributed by atoms with van der Waals surface area (Å²) >= 11 is 2.05. The first-order valence-electron chi connectivity index (χ1n) is 6.03. The number of benzene rings is 1. The summed E-state index contributed by atoms with van der Waals surface area (Å²) in [5.41, 5.74) is 2.97. The smallest absolute Gasteiger partial charge is 0.192 e. The van der Waals surface area contributed by atoms with Crippen LogP contribution in [0.25, 0.3) is 11.1 Å². The minimum Gasteiger partial charge on any atom is -0.441 e. The largest absolute Gasteiger partial charge is 0.441 e. The zero-order valence-electron chi connectivity index (χ0n) is 9.90. The number of nitrogens with zero attached hydrogens (tertiary/aromatic N) is 1. The molecule has 0 atom stereocenters. The van der Waals surface area contributed by atoms with E-state index in [0.29, 0.717) is 6.04 Å². The Labute approximate surface area is 105 Å². The Balaban J connectivity index is 1.79. The van der Waals surface area contributed by atoms with Crippen LogP contribution >= 0.6 is 11.8 Å². The fourth-order valence-corrected chi connectivity index (χ4v) is 3.32. The number of rotatable bonds is 2. The van der Waals surface area contributed by atoms with Crippen molar-refractivity contribution in [1.29, 1.82) is 0 Å². The summed E-state index contributed by atoms with van der Waals surface area (Å²) in [7, 11) is 0. The number of fused-ring (bicyclic) bond motifs is 1. The topological polar surface area (TPSA) is 38.1 Å². The highest BCUT2D eigenvalue weighted by molar-refractivity contribution is 7.99. The van der Waals surface area contributed by atoms with Crippen molar-refractivity contribution in [3.05, 3.63) is 24.1 Å². The summed E-state index contributed by atoms with van der Waals surface area (Å²) in [5, 5.41) is 3.59. The molecule has 1 aliphatic heterocycles. The normalized spacial score (nSPS) is 17.5. The highest BCUT2D eigenvalue weighted by atomic mass is 32.2. The number of aromatic nitrogens is 1. The predicted octanol–water partition coefficient (Wildman–Crippen LogP) is 3.44. The fraction of sp³-hybridized carbons (Fsp3) is 0.462. The number of anilines is 1. The lowest BCUT2D eigenvalue weighted by molar-refractivity contribution is 0.561. The van der Waals surface area contributed by atoms with Crippen LogP contribution in [0.15, 0.2) is 22.6 Å². The van der Waals surface area contributed by atoms with Crippen molar-refractivity contribution in [2.45, 2.75) is 25.8 Å². The van der Waals surface area contributed by atoms with Gasteiger partial charge >= 0.3 is 0 Å². The van der Waals surface area contributed by atoms with E-state index in [1.165, 1.54) is 24.3 Å². The van der Waals surface area contributed by atoms with E-state index in [0.717, 1.165) is 22.7 Å². The Morgan fingerprint density at radius 1 is 1.35 bits per heavy atom. The van der Waals surface area contributed by atoms with Gasteiger partial charge < -0.3 is 9.73 Å². The summed E-state index contributed by atoms with van der Waals surface area (Å²) in [5.74, 6) is 3.26. The lowest BCUT2D eigenvalue weighted by Gasteiger charge is -2.23. The number of nitrogens with one attached hydrogen (secondary N) is 1. The van der Waals surface area contributed by atoms with Crippen molar-refractivity contribution in [1.82, 2.24) is 4.98 Å². The van der Waals surface area contributed by atoms with Gasteiger partial charge in [0.15, 0.2) is 11.5 Å². The lowest BCUT2D eigenvalue weighted by Crippen LogP contribution is -2.24. The maximum Gasteiger partial charge on any atom is 0.192 e. The first-order chi connectivity index (χ1) is 8.31. The quantitative estimate of drug-likeness (QED) is 0.883. The maximum absolute atomic E-state index is 5.47. The predicted molar refractivity (Wildman–Crippen MR) is 72.7 cm³/mol. The van der Waals surface area contributed by atoms with Crippen LogP contribution in [0.5, 0.6) is 0 Å². The molecule has 1 aromatic carbocycles. The van der Waals surface area contributed by atoms with Gasteiger partial charge in [-0.25, -0.2) is 4.98 Å². The van der Waals surface area contributed by atoms with Crippen LogP contribution in [-0.4, -0.2) is 22.5 Å². The number of hydrogen-bond acceptors (Lipinski definition) is 4. The van der Waals surface area contributed by atoms with E-state index in [-0.39, 0.29) is 0 Å². The number of thioether (sulfide) groups is 1. The van der Waals surface area contributed by atoms with Crippen LogP contribution in [0.1, 0.15) is 18.7 Å². The third kappa shape index (κ3) is 2.41. The maximum atomic E-state index is 5.47. The minimum absolute atomic E-state index is 0.613. The van der Waals surface area contributed by atoms with Gasteiger partial charge in [0.25, 0.3) is 0 Å². The van der Waals surface area contributed by atoms with Crippen LogP contribution < -0.4 is 5.32 Å². The fourth-order valence-electron chi connectivity index (χ4n) is 2.21. The summed E-state index contributed by atoms with van der Waals surface area (Å²) in [6, 6.07) is 6.76. The van der Waals surface area contributed by atoms with Crippen molar-refractivity contribution in [3.63, 3.8) is 0 Å². The molecule has 3 nitrogen and oxygen atoms in total. The lowest BCUT2D eigenvalue weighted by atomic mass is 10.1. The molecule has 17 heavy (non-hydrogen) atoms. The molecule has 0 spiro atoms. The van der Waals surface area contributed by atoms with Crippen molar-refractivity contribution in [3.8, 4) is 0 Å². The van der Waals surface area contributed by atoms with E-state index >= 15 is 0 Å². The minimum atomic E-state index is 0.613. The molecule has 4 heteroatoms. The molecule has 0 bridgehead atoms. The van der Waals surface area contributed by atoms with E-state index in [1.54, 1.807) is 0 Å². The molecule has 2 heterocycles. The van der Waals surface area contributed by atoms with Gasteiger partial charge in [0.1, 0.15) is 5.52 Å². The molecule has 1 fully saturated rings. The van der Waals surface area contributed by atoms with Gasteiger partial charge in [-0.3, -0.25) is 0 Å². The van der Waals surface area contributed by atoms with E-state index in [4.69, 9.17) is 4.42 Å². The van der Waals surface area contributed by atoms with E-state index < -0.39 is 0 Å². The number of hydrogen-bond donors (Lipinski definition) is 1. The Bertz CT molecular complexity index is 517. The van der Waals surface area contributed by atoms with E-state index in [2.05, 4.69) is 22.4 Å². The monoisotopic (exact) mass is 248 g/mol. The molecule has 1 aromatic heterocycles. The Kier molecular flexibility index (Phi) is 2.97. The van der Waals surface area contributed by atoms with E-state index in [9.17, 15) is 0 Å². The van der Waals surface area contributed by atoms with Crippen molar-refractivity contribution in [2.24, 2.45) is 0 Å². The summed E-state index contributed by atoms with van der Waals surface area (Å²) in [6.45, 7) is 1.88. The van der Waals surface area contributed by atoms with Gasteiger partial charge in [0.2, 0.25) is 0 Å². The second kappa shape index (κ2) is 4.61. The molecule has 1 saturated heterocycles. The molecule has 0 saturated carbocycles. The zero-order valence-corrected chi connectivity index (χ0v) is 10.7. The zero-order chi connectivity index (χ0) is 11.7. The third-order valence-electron chi connectivity index (χ3n) is 3.09.